The summed E-state index contributed by atoms with van der Waals surface area (Å²) in [7, 11) is 0. The van der Waals surface area contributed by atoms with Crippen molar-refractivity contribution in [1.29, 1.82) is 0 Å². The van der Waals surface area contributed by atoms with Crippen molar-refractivity contribution in [3.05, 3.63) is 70.1 Å². The minimum Gasteiger partial charge on any atom is -0.321 e. The molecule has 2 N–H and O–H groups in total. The van der Waals surface area contributed by atoms with Crippen LogP contribution in [0.4, 0.5) is 5.69 Å². The minimum atomic E-state index is -0.468. The van der Waals surface area contributed by atoms with Crippen molar-refractivity contribution in [3.63, 3.8) is 0 Å². The van der Waals surface area contributed by atoms with Crippen LogP contribution in [0.25, 0.3) is 16.6 Å². The fraction of sp³-hybridized carbons (Fsp3) is 0.111. The van der Waals surface area contributed by atoms with Gasteiger partial charge in [-0.2, -0.15) is 0 Å². The second-order valence-corrected chi connectivity index (χ2v) is 5.68. The van der Waals surface area contributed by atoms with Gasteiger partial charge in [0.25, 0.3) is 11.5 Å². The van der Waals surface area contributed by atoms with Gasteiger partial charge in [-0.3, -0.25) is 9.59 Å². The third-order valence-corrected chi connectivity index (χ3v) is 4.07. The highest BCUT2D eigenvalue weighted by atomic mass is 16.2. The summed E-state index contributed by atoms with van der Waals surface area (Å²) < 4.78 is 1.39. The van der Waals surface area contributed by atoms with E-state index >= 15 is 0 Å². The first kappa shape index (κ1) is 15.1. The van der Waals surface area contributed by atoms with Gasteiger partial charge in [-0.25, -0.2) is 4.52 Å². The number of H-pyrrole nitrogens is 1. The van der Waals surface area contributed by atoms with Gasteiger partial charge in [0.05, 0.1) is 11.0 Å². The van der Waals surface area contributed by atoms with Crippen LogP contribution in [-0.2, 0) is 6.42 Å². The van der Waals surface area contributed by atoms with E-state index in [4.69, 9.17) is 0 Å². The molecule has 0 saturated carbocycles. The second-order valence-electron chi connectivity index (χ2n) is 5.68. The van der Waals surface area contributed by atoms with Crippen LogP contribution < -0.4 is 10.9 Å². The molecule has 124 valence electrons. The molecule has 0 atom stereocenters. The Labute approximate surface area is 142 Å². The SMILES string of the molecule is CCc1cccc(NC(=O)c2nnn3c2c(=O)[nH]c2ccccc23)c1. The number of hydrogen-bond donors (Lipinski definition) is 2. The molecular weight excluding hydrogens is 318 g/mol. The quantitative estimate of drug-likeness (QED) is 0.602. The van der Waals surface area contributed by atoms with Gasteiger partial charge >= 0.3 is 0 Å². The number of benzene rings is 2. The fourth-order valence-corrected chi connectivity index (χ4v) is 2.81. The summed E-state index contributed by atoms with van der Waals surface area (Å²) in [4.78, 5) is 27.8. The van der Waals surface area contributed by atoms with Gasteiger partial charge in [-0.05, 0) is 36.2 Å². The van der Waals surface area contributed by atoms with Crippen LogP contribution in [0.1, 0.15) is 23.0 Å². The molecule has 2 aromatic heterocycles. The Morgan fingerprint density at radius 1 is 1.20 bits per heavy atom. The summed E-state index contributed by atoms with van der Waals surface area (Å²) in [6.07, 6.45) is 0.865. The van der Waals surface area contributed by atoms with Crippen LogP contribution in [0.5, 0.6) is 0 Å². The van der Waals surface area contributed by atoms with Crippen LogP contribution in [0.2, 0.25) is 0 Å². The number of nitrogens with zero attached hydrogens (tertiary/aromatic N) is 3. The predicted octanol–water partition coefficient (Wildman–Crippen LogP) is 2.39. The molecular formula is C18H15N5O2. The molecule has 4 rings (SSSR count). The topological polar surface area (TPSA) is 92.2 Å². The molecule has 0 aliphatic carbocycles. The molecule has 2 heterocycles. The molecule has 1 amide bonds. The number of aryl methyl sites for hydroxylation is 1. The standard InChI is InChI=1S/C18H15N5O2/c1-2-11-6-5-7-12(10-11)19-17(24)15-16-18(25)20-13-8-3-4-9-14(13)23(16)22-21-15/h3-10H,2H2,1H3,(H,19,24)(H,20,25). The first-order chi connectivity index (χ1) is 12.2. The lowest BCUT2D eigenvalue weighted by Crippen LogP contribution is -2.18. The molecule has 0 spiro atoms. The number of amides is 1. The van der Waals surface area contributed by atoms with Crippen molar-refractivity contribution < 1.29 is 4.79 Å². The maximum atomic E-state index is 12.6. The number of nitrogens with one attached hydrogen (secondary N) is 2. The second kappa shape index (κ2) is 5.86. The Morgan fingerprint density at radius 3 is 2.88 bits per heavy atom. The van der Waals surface area contributed by atoms with Crippen LogP contribution in [0.3, 0.4) is 0 Å². The van der Waals surface area contributed by atoms with Crippen molar-refractivity contribution in [1.82, 2.24) is 19.8 Å². The summed E-state index contributed by atoms with van der Waals surface area (Å²) in [5.74, 6) is -0.468. The maximum Gasteiger partial charge on any atom is 0.278 e. The molecule has 2 aromatic carbocycles. The van der Waals surface area contributed by atoms with Crippen molar-refractivity contribution in [3.8, 4) is 0 Å². The Bertz CT molecular complexity index is 1160. The molecule has 7 nitrogen and oxygen atoms in total. The van der Waals surface area contributed by atoms with Crippen molar-refractivity contribution in [2.45, 2.75) is 13.3 Å². The lowest BCUT2D eigenvalue weighted by molar-refractivity contribution is 0.102. The van der Waals surface area contributed by atoms with Gasteiger partial charge in [0.2, 0.25) is 0 Å². The van der Waals surface area contributed by atoms with Gasteiger partial charge in [0, 0.05) is 5.69 Å². The number of hydrogen-bond acceptors (Lipinski definition) is 4. The van der Waals surface area contributed by atoms with Crippen molar-refractivity contribution in [2.75, 3.05) is 5.32 Å². The fourth-order valence-electron chi connectivity index (χ4n) is 2.81. The molecule has 0 unspecified atom stereocenters. The summed E-state index contributed by atoms with van der Waals surface area (Å²) in [6.45, 7) is 2.04. The van der Waals surface area contributed by atoms with E-state index in [0.717, 1.165) is 12.0 Å². The van der Waals surface area contributed by atoms with E-state index in [1.807, 2.05) is 37.3 Å². The molecule has 0 aliphatic heterocycles. The normalized spacial score (nSPS) is 11.1. The Balaban J connectivity index is 1.80. The average molecular weight is 333 g/mol. The monoisotopic (exact) mass is 333 g/mol. The first-order valence-electron chi connectivity index (χ1n) is 7.94. The molecule has 0 fully saturated rings. The van der Waals surface area contributed by atoms with Crippen molar-refractivity contribution >= 4 is 28.1 Å². The summed E-state index contributed by atoms with van der Waals surface area (Å²) in [5.41, 5.74) is 2.79. The van der Waals surface area contributed by atoms with Gasteiger partial charge < -0.3 is 10.3 Å². The number of anilines is 1. The highest BCUT2D eigenvalue weighted by Gasteiger charge is 2.19. The number of fused-ring (bicyclic) bond motifs is 3. The first-order valence-corrected chi connectivity index (χ1v) is 7.94. The van der Waals surface area contributed by atoms with E-state index in [2.05, 4.69) is 20.6 Å². The van der Waals surface area contributed by atoms with E-state index in [1.54, 1.807) is 18.2 Å². The molecule has 25 heavy (non-hydrogen) atoms. The summed E-state index contributed by atoms with van der Waals surface area (Å²) in [5, 5.41) is 10.7. The number of aromatic amines is 1. The lowest BCUT2D eigenvalue weighted by Gasteiger charge is -2.05. The highest BCUT2D eigenvalue weighted by Crippen LogP contribution is 2.15. The van der Waals surface area contributed by atoms with E-state index in [9.17, 15) is 9.59 Å². The van der Waals surface area contributed by atoms with Crippen LogP contribution in [0, 0.1) is 0 Å². The molecule has 0 bridgehead atoms. The third kappa shape index (κ3) is 2.55. The molecule has 0 aliphatic rings. The minimum absolute atomic E-state index is 0.00564. The third-order valence-electron chi connectivity index (χ3n) is 4.07. The lowest BCUT2D eigenvalue weighted by atomic mass is 10.1. The van der Waals surface area contributed by atoms with E-state index in [1.165, 1.54) is 4.52 Å². The van der Waals surface area contributed by atoms with Crippen LogP contribution in [0.15, 0.2) is 53.3 Å². The van der Waals surface area contributed by atoms with Gasteiger partial charge in [-0.1, -0.05) is 36.4 Å². The predicted molar refractivity (Wildman–Crippen MR) is 94.9 cm³/mol. The van der Waals surface area contributed by atoms with Crippen LogP contribution in [-0.4, -0.2) is 25.7 Å². The number of rotatable bonds is 3. The van der Waals surface area contributed by atoms with Crippen LogP contribution >= 0.6 is 0 Å². The Kier molecular flexibility index (Phi) is 3.53. The molecule has 0 saturated heterocycles. The summed E-state index contributed by atoms with van der Waals surface area (Å²) in [6, 6.07) is 14.8. The van der Waals surface area contributed by atoms with Gasteiger partial charge in [0.1, 0.15) is 0 Å². The number of para-hydroxylation sites is 2. The van der Waals surface area contributed by atoms with E-state index in [-0.39, 0.29) is 11.2 Å². The number of carbonyl (C=O) groups is 1. The van der Waals surface area contributed by atoms with E-state index in [0.29, 0.717) is 16.7 Å². The van der Waals surface area contributed by atoms with Gasteiger partial charge in [0.15, 0.2) is 11.2 Å². The van der Waals surface area contributed by atoms with Gasteiger partial charge in [-0.15, -0.1) is 5.10 Å². The van der Waals surface area contributed by atoms with E-state index < -0.39 is 11.5 Å². The Hall–Kier alpha value is -3.48. The zero-order valence-corrected chi connectivity index (χ0v) is 13.5. The zero-order chi connectivity index (χ0) is 17.4. The molecule has 4 aromatic rings. The Morgan fingerprint density at radius 2 is 2.04 bits per heavy atom. The van der Waals surface area contributed by atoms with Crippen molar-refractivity contribution in [2.24, 2.45) is 0 Å². The summed E-state index contributed by atoms with van der Waals surface area (Å²) >= 11 is 0. The number of aromatic nitrogens is 4. The average Bonchev–Trinajstić information content (AvgIpc) is 3.08. The smallest absolute Gasteiger partial charge is 0.278 e. The molecule has 0 radical (unpaired) electrons. The largest absolute Gasteiger partial charge is 0.321 e. The highest BCUT2D eigenvalue weighted by molar-refractivity contribution is 6.07. The zero-order valence-electron chi connectivity index (χ0n) is 13.5. The molecule has 7 heteroatoms. The number of carbonyl (C=O) groups excluding carboxylic acids is 1. The maximum absolute atomic E-state index is 12.6.